The maximum atomic E-state index is 12.6. The second-order valence-corrected chi connectivity index (χ2v) is 10.7. The number of unbranched alkanes of at least 4 members (excludes halogenated alkanes) is 5. The molecule has 1 saturated heterocycles. The third-order valence-corrected chi connectivity index (χ3v) is 7.49. The summed E-state index contributed by atoms with van der Waals surface area (Å²) in [7, 11) is 0. The van der Waals surface area contributed by atoms with Crippen molar-refractivity contribution in [1.29, 1.82) is 0 Å². The Morgan fingerprint density at radius 2 is 1.77 bits per heavy atom. The van der Waals surface area contributed by atoms with Crippen LogP contribution in [0, 0.1) is 5.92 Å². The van der Waals surface area contributed by atoms with Crippen LogP contribution >= 0.6 is 0 Å². The lowest BCUT2D eigenvalue weighted by molar-refractivity contribution is -0.204. The molecule has 14 nitrogen and oxygen atoms in total. The molecule has 14 heteroatoms. The summed E-state index contributed by atoms with van der Waals surface area (Å²) >= 11 is 0. The Labute approximate surface area is 232 Å². The number of aliphatic hydroxyl groups is 4. The minimum Gasteiger partial charge on any atom is -0.394 e. The van der Waals surface area contributed by atoms with Gasteiger partial charge in [0.15, 0.2) is 17.7 Å². The molecule has 2 aromatic heterocycles. The molecule has 4 rings (SSSR count). The van der Waals surface area contributed by atoms with Gasteiger partial charge in [0, 0.05) is 6.42 Å². The largest absolute Gasteiger partial charge is 0.394 e. The first-order valence-corrected chi connectivity index (χ1v) is 14.1. The Morgan fingerprint density at radius 3 is 2.52 bits per heavy atom. The molecule has 3 heterocycles. The number of rotatable bonds is 16. The highest BCUT2D eigenvalue weighted by Gasteiger charge is 2.48. The number of carbonyl (C=O) groups is 2. The zero-order chi connectivity index (χ0) is 28.5. The second kappa shape index (κ2) is 14.6. The van der Waals surface area contributed by atoms with Gasteiger partial charge in [0.25, 0.3) is 0 Å². The molecule has 1 aliphatic heterocycles. The van der Waals surface area contributed by atoms with Gasteiger partial charge in [-0.25, -0.2) is 15.0 Å². The van der Waals surface area contributed by atoms with Crippen molar-refractivity contribution in [1.82, 2.24) is 30.6 Å². The lowest BCUT2D eigenvalue weighted by Gasteiger charge is -2.44. The highest BCUT2D eigenvalue weighted by Crippen LogP contribution is 2.34. The third-order valence-electron chi connectivity index (χ3n) is 7.49. The summed E-state index contributed by atoms with van der Waals surface area (Å²) in [5.41, 5.74) is 0.795. The SMILES string of the molecule is O=C(CCCCCCCCC1CC1)NCC(=O)N[C@@H]1[C@@H](O)[C@@H](O)[C@@H](Nc2ncnc3nc[nH]c23)O[C@H]1[C@@H](O)CO. The van der Waals surface area contributed by atoms with E-state index in [1.165, 1.54) is 51.2 Å². The van der Waals surface area contributed by atoms with Crippen LogP contribution in [0.15, 0.2) is 12.7 Å². The molecule has 0 radical (unpaired) electrons. The predicted molar refractivity (Wildman–Crippen MR) is 144 cm³/mol. The summed E-state index contributed by atoms with van der Waals surface area (Å²) in [5.74, 6) is 0.314. The summed E-state index contributed by atoms with van der Waals surface area (Å²) in [6.07, 6.45) is 6.47. The van der Waals surface area contributed by atoms with Gasteiger partial charge in [-0.05, 0) is 12.3 Å². The number of imidazole rings is 1. The van der Waals surface area contributed by atoms with Crippen molar-refractivity contribution >= 4 is 28.8 Å². The first-order chi connectivity index (χ1) is 19.4. The molecule has 0 aromatic carbocycles. The van der Waals surface area contributed by atoms with Crippen LogP contribution in [-0.2, 0) is 14.3 Å². The second-order valence-electron chi connectivity index (χ2n) is 10.7. The van der Waals surface area contributed by atoms with E-state index in [0.29, 0.717) is 17.6 Å². The smallest absolute Gasteiger partial charge is 0.239 e. The zero-order valence-corrected chi connectivity index (χ0v) is 22.5. The summed E-state index contributed by atoms with van der Waals surface area (Å²) in [4.78, 5) is 39.7. The Kier molecular flexibility index (Phi) is 11.0. The first-order valence-electron chi connectivity index (χ1n) is 14.1. The monoisotopic (exact) mass is 563 g/mol. The van der Waals surface area contributed by atoms with E-state index in [2.05, 4.69) is 35.9 Å². The van der Waals surface area contributed by atoms with E-state index in [1.54, 1.807) is 0 Å². The Bertz CT molecular complexity index is 1100. The molecule has 2 fully saturated rings. The van der Waals surface area contributed by atoms with Crippen LogP contribution in [0.3, 0.4) is 0 Å². The average molecular weight is 564 g/mol. The van der Waals surface area contributed by atoms with Crippen LogP contribution in [0.5, 0.6) is 0 Å². The van der Waals surface area contributed by atoms with Crippen molar-refractivity contribution in [3.05, 3.63) is 12.7 Å². The zero-order valence-electron chi connectivity index (χ0n) is 22.5. The van der Waals surface area contributed by atoms with Crippen LogP contribution in [0.25, 0.3) is 11.2 Å². The Morgan fingerprint density at radius 1 is 1.02 bits per heavy atom. The number of nitrogens with one attached hydrogen (secondary N) is 4. The van der Waals surface area contributed by atoms with Gasteiger partial charge >= 0.3 is 0 Å². The average Bonchev–Trinajstić information content (AvgIpc) is 3.65. The minimum atomic E-state index is -1.58. The standard InChI is InChI=1S/C26H41N7O7/c34-12-16(35)23-19(21(38)22(39)26(40-23)33-25-20-24(29-13-28-20)30-14-31-25)32-18(37)11-27-17(36)8-6-4-2-1-3-5-7-15-9-10-15/h13-16,19,21-23,26,34-35,38-39H,1-12H2,(H,27,36)(H,32,37)(H2,28,29,30,31,33)/t16-,19+,21+,22+,23-,26-/m0/s1. The molecule has 6 atom stereocenters. The van der Waals surface area contributed by atoms with Crippen LogP contribution < -0.4 is 16.0 Å². The molecule has 0 unspecified atom stereocenters. The lowest BCUT2D eigenvalue weighted by Crippen LogP contribution is -2.68. The molecule has 8 N–H and O–H groups in total. The molecule has 222 valence electrons. The normalized spacial score (nSPS) is 25.4. The van der Waals surface area contributed by atoms with Gasteiger partial charge in [0.05, 0.1) is 25.5 Å². The fourth-order valence-electron chi connectivity index (χ4n) is 4.99. The fourth-order valence-corrected chi connectivity index (χ4v) is 4.99. The number of H-pyrrole nitrogens is 1. The number of anilines is 1. The molecule has 1 aliphatic carbocycles. The first kappa shape index (κ1) is 30.1. The van der Waals surface area contributed by atoms with Crippen LogP contribution in [-0.4, -0.2) is 102 Å². The van der Waals surface area contributed by atoms with E-state index in [9.17, 15) is 30.0 Å². The van der Waals surface area contributed by atoms with Gasteiger partial charge in [-0.3, -0.25) is 9.59 Å². The van der Waals surface area contributed by atoms with Crippen molar-refractivity contribution in [2.24, 2.45) is 5.92 Å². The molecule has 2 amide bonds. The van der Waals surface area contributed by atoms with E-state index in [0.717, 1.165) is 25.2 Å². The summed E-state index contributed by atoms with van der Waals surface area (Å²) in [6.45, 7) is -1.07. The molecule has 40 heavy (non-hydrogen) atoms. The maximum Gasteiger partial charge on any atom is 0.239 e. The van der Waals surface area contributed by atoms with E-state index < -0.39 is 49.2 Å². The number of amides is 2. The molecular weight excluding hydrogens is 522 g/mol. The summed E-state index contributed by atoms with van der Waals surface area (Å²) in [6, 6.07) is -1.27. The number of nitrogens with zero attached hydrogens (tertiary/aromatic N) is 3. The van der Waals surface area contributed by atoms with Gasteiger partial charge in [-0.2, -0.15) is 0 Å². The summed E-state index contributed by atoms with van der Waals surface area (Å²) < 4.78 is 5.78. The highest BCUT2D eigenvalue weighted by molar-refractivity contribution is 5.85. The lowest BCUT2D eigenvalue weighted by atomic mass is 9.92. The number of hydrogen-bond donors (Lipinski definition) is 8. The quantitative estimate of drug-likeness (QED) is 0.124. The topological polar surface area (TPSA) is 215 Å². The number of fused-ring (bicyclic) bond motifs is 1. The van der Waals surface area contributed by atoms with Crippen molar-refractivity contribution in [2.75, 3.05) is 18.5 Å². The molecule has 2 aromatic rings. The van der Waals surface area contributed by atoms with Crippen molar-refractivity contribution < 1.29 is 34.8 Å². The number of ether oxygens (including phenoxy) is 1. The van der Waals surface area contributed by atoms with Gasteiger partial charge in [0.2, 0.25) is 11.8 Å². The highest BCUT2D eigenvalue weighted by atomic mass is 16.5. The molecule has 1 saturated carbocycles. The Hall–Kier alpha value is -2.91. The predicted octanol–water partition coefficient (Wildman–Crippen LogP) is -0.303. The molecule has 0 bridgehead atoms. The van der Waals surface area contributed by atoms with E-state index in [4.69, 9.17) is 4.74 Å². The van der Waals surface area contributed by atoms with Crippen LogP contribution in [0.2, 0.25) is 0 Å². The van der Waals surface area contributed by atoms with E-state index in [-0.39, 0.29) is 18.3 Å². The maximum absolute atomic E-state index is 12.6. The van der Waals surface area contributed by atoms with Crippen LogP contribution in [0.1, 0.15) is 64.2 Å². The van der Waals surface area contributed by atoms with Crippen molar-refractivity contribution in [2.45, 2.75) is 101 Å². The molecular formula is C26H41N7O7. The van der Waals surface area contributed by atoms with Gasteiger partial charge in [0.1, 0.15) is 36.3 Å². The number of carbonyl (C=O) groups excluding carboxylic acids is 2. The van der Waals surface area contributed by atoms with E-state index in [1.807, 2.05) is 0 Å². The molecule has 2 aliphatic rings. The van der Waals surface area contributed by atoms with Gasteiger partial charge in [-0.15, -0.1) is 0 Å². The molecule has 0 spiro atoms. The minimum absolute atomic E-state index is 0.231. The van der Waals surface area contributed by atoms with Gasteiger partial charge in [-0.1, -0.05) is 51.4 Å². The number of aromatic nitrogens is 4. The Balaban J connectivity index is 1.22. The van der Waals surface area contributed by atoms with Crippen LogP contribution in [0.4, 0.5) is 5.82 Å². The summed E-state index contributed by atoms with van der Waals surface area (Å²) in [5, 5.41) is 49.4. The third kappa shape index (κ3) is 8.30. The number of hydrogen-bond acceptors (Lipinski definition) is 11. The van der Waals surface area contributed by atoms with Crippen molar-refractivity contribution in [3.63, 3.8) is 0 Å². The van der Waals surface area contributed by atoms with Crippen molar-refractivity contribution in [3.8, 4) is 0 Å². The van der Waals surface area contributed by atoms with E-state index >= 15 is 0 Å². The van der Waals surface area contributed by atoms with Gasteiger partial charge < -0.3 is 46.1 Å². The number of aromatic amines is 1. The number of aliphatic hydroxyl groups excluding tert-OH is 4. The fraction of sp³-hybridized carbons (Fsp3) is 0.731.